The van der Waals surface area contributed by atoms with Crippen molar-refractivity contribution < 1.29 is 58.2 Å². The number of aromatic hydroxyl groups is 1. The predicted molar refractivity (Wildman–Crippen MR) is 302 cm³/mol. The number of H-pyrrole nitrogens is 2. The zero-order valence-electron chi connectivity index (χ0n) is 46.6. The second-order valence-electron chi connectivity index (χ2n) is 20.9. The summed E-state index contributed by atoms with van der Waals surface area (Å²) in [5.41, 5.74) is 13.2. The van der Waals surface area contributed by atoms with Crippen LogP contribution in [-0.2, 0) is 67.2 Å². The van der Waals surface area contributed by atoms with Gasteiger partial charge in [0.25, 0.3) is 0 Å². The van der Waals surface area contributed by atoms with E-state index in [0.29, 0.717) is 41.6 Å². The Hall–Kier alpha value is -9.08. The number of phenols is 1. The Kier molecular flexibility index (Phi) is 23.3. The van der Waals surface area contributed by atoms with E-state index in [2.05, 4.69) is 67.8 Å². The van der Waals surface area contributed by atoms with Crippen LogP contribution < -0.4 is 59.3 Å². The predicted octanol–water partition coefficient (Wildman–Crippen LogP) is -2.85. The first-order valence-electron chi connectivity index (χ1n) is 27.7. The number of hydrogen-bond acceptors (Lipinski definition) is 14. The van der Waals surface area contributed by atoms with Crippen LogP contribution >= 0.6 is 0 Å². The average molecular weight is 1150 g/mol. The van der Waals surface area contributed by atoms with Gasteiger partial charge in [-0.25, -0.2) is 4.98 Å². The minimum Gasteiger partial charge on any atom is -0.508 e. The molecular formula is C55H76N16O12. The molecule has 0 bridgehead atoms. The summed E-state index contributed by atoms with van der Waals surface area (Å²) in [5, 5.41) is 45.0. The molecule has 0 aliphatic carbocycles. The SMILES string of the molecule is CCNC(=O)[C@@H]1CCCN1C(=O)[C@H](CCCN=C(N)N)NC(=O)[C@H](CC(C)C)NC(=O)CNC(=O)C(Cc1ccc(O)cc1)NC(=O)[C@H](CO)NC(=O)[C@H](Cc1c[nH]c2ccccc12)NC(=O)[C@H](Cc1cnc[nH]1)NC(=O)[C@@H]1CCC(=O)N1. The summed E-state index contributed by atoms with van der Waals surface area (Å²) >= 11 is 0. The highest BCUT2D eigenvalue weighted by Crippen LogP contribution is 2.22. The lowest BCUT2D eigenvalue weighted by molar-refractivity contribution is -0.142. The van der Waals surface area contributed by atoms with E-state index in [-0.39, 0.29) is 93.9 Å². The molecule has 2 aromatic heterocycles. The minimum atomic E-state index is -1.74. The molecule has 28 heteroatoms. The number of phenolic OH excluding ortho intramolecular Hbond substituents is 1. The number of nitrogens with zero attached hydrogens (tertiary/aromatic N) is 3. The highest BCUT2D eigenvalue weighted by Gasteiger charge is 2.39. The van der Waals surface area contributed by atoms with Crippen molar-refractivity contribution in [3.05, 3.63) is 84.1 Å². The number of imidazole rings is 1. The molecule has 0 spiro atoms. The fourth-order valence-electron chi connectivity index (χ4n) is 9.79. The molecular weight excluding hydrogens is 1080 g/mol. The van der Waals surface area contributed by atoms with Gasteiger partial charge in [0.15, 0.2) is 5.96 Å². The molecule has 10 amide bonds. The van der Waals surface area contributed by atoms with Crippen LogP contribution in [-0.4, -0.2) is 176 Å². The molecule has 1 unspecified atom stereocenters. The molecule has 28 nitrogen and oxygen atoms in total. The van der Waals surface area contributed by atoms with E-state index < -0.39 is 109 Å². The van der Waals surface area contributed by atoms with Crippen LogP contribution in [0.4, 0.5) is 0 Å². The molecule has 2 fully saturated rings. The highest BCUT2D eigenvalue weighted by molar-refractivity contribution is 5.99. The Bertz CT molecular complexity index is 2950. The number of para-hydroxylation sites is 1. The van der Waals surface area contributed by atoms with Crippen LogP contribution in [0.25, 0.3) is 10.9 Å². The third-order valence-corrected chi connectivity index (χ3v) is 14.0. The number of benzene rings is 2. The quantitative estimate of drug-likeness (QED) is 0.0142. The van der Waals surface area contributed by atoms with Crippen molar-refractivity contribution in [2.75, 3.05) is 32.8 Å². The van der Waals surface area contributed by atoms with Gasteiger partial charge in [0, 0.05) is 74.3 Å². The largest absolute Gasteiger partial charge is 0.508 e. The maximum absolute atomic E-state index is 14.4. The summed E-state index contributed by atoms with van der Waals surface area (Å²) in [5.74, 6) is -7.41. The fraction of sp³-hybridized carbons (Fsp3) is 0.491. The van der Waals surface area contributed by atoms with Crippen molar-refractivity contribution in [3.8, 4) is 5.75 Å². The molecule has 8 atom stereocenters. The zero-order chi connectivity index (χ0) is 60.2. The van der Waals surface area contributed by atoms with Gasteiger partial charge in [-0.15, -0.1) is 0 Å². The van der Waals surface area contributed by atoms with Crippen LogP contribution in [0.1, 0.15) is 82.5 Å². The van der Waals surface area contributed by atoms with Gasteiger partial charge in [0.2, 0.25) is 59.1 Å². The summed E-state index contributed by atoms with van der Waals surface area (Å²) in [4.78, 5) is 152. The van der Waals surface area contributed by atoms with Crippen LogP contribution in [0.15, 0.2) is 72.2 Å². The Labute approximate surface area is 478 Å². The molecule has 4 aromatic rings. The minimum absolute atomic E-state index is 0.0913. The summed E-state index contributed by atoms with van der Waals surface area (Å²) in [6.45, 7) is 4.47. The van der Waals surface area contributed by atoms with Crippen molar-refractivity contribution in [2.45, 2.75) is 133 Å². The number of nitrogens with two attached hydrogens (primary N) is 2. The normalized spacial score (nSPS) is 16.9. The third kappa shape index (κ3) is 18.7. The first-order chi connectivity index (χ1) is 39.7. The number of aliphatic hydroxyl groups excluding tert-OH is 1. The van der Waals surface area contributed by atoms with Gasteiger partial charge in [-0.2, -0.15) is 0 Å². The number of fused-ring (bicyclic) bond motifs is 1. The van der Waals surface area contributed by atoms with Crippen molar-refractivity contribution in [2.24, 2.45) is 22.4 Å². The monoisotopic (exact) mass is 1150 g/mol. The van der Waals surface area contributed by atoms with Gasteiger partial charge in [-0.1, -0.05) is 44.2 Å². The number of guanidine groups is 1. The summed E-state index contributed by atoms with van der Waals surface area (Å²) in [7, 11) is 0. The number of likely N-dealkylation sites (N-methyl/N-ethyl adjacent to an activating group) is 1. The number of carbonyl (C=O) groups is 10. The van der Waals surface area contributed by atoms with E-state index in [0.717, 1.165) is 5.52 Å². The van der Waals surface area contributed by atoms with E-state index in [1.807, 2.05) is 19.9 Å². The van der Waals surface area contributed by atoms with Gasteiger partial charge in [-0.05, 0) is 80.7 Å². The molecule has 17 N–H and O–H groups in total. The van der Waals surface area contributed by atoms with Crippen molar-refractivity contribution >= 4 is 75.9 Å². The molecule has 0 saturated carbocycles. The number of aliphatic imine (C=N–C) groups is 1. The molecule has 2 aliphatic rings. The number of likely N-dealkylation sites (tertiary alicyclic amines) is 1. The number of rotatable bonds is 30. The molecule has 4 heterocycles. The number of aliphatic hydroxyl groups is 1. The van der Waals surface area contributed by atoms with E-state index in [9.17, 15) is 58.2 Å². The highest BCUT2D eigenvalue weighted by atomic mass is 16.3. The van der Waals surface area contributed by atoms with E-state index in [1.165, 1.54) is 41.7 Å². The number of aromatic nitrogens is 3. The molecule has 2 aromatic carbocycles. The van der Waals surface area contributed by atoms with Gasteiger partial charge >= 0.3 is 0 Å². The van der Waals surface area contributed by atoms with Crippen molar-refractivity contribution in [3.63, 3.8) is 0 Å². The Morgan fingerprint density at radius 1 is 0.759 bits per heavy atom. The molecule has 2 aliphatic heterocycles. The lowest BCUT2D eigenvalue weighted by atomic mass is 10.0. The van der Waals surface area contributed by atoms with Crippen molar-refractivity contribution in [1.29, 1.82) is 0 Å². The van der Waals surface area contributed by atoms with Crippen LogP contribution in [0.2, 0.25) is 0 Å². The lowest BCUT2D eigenvalue weighted by Crippen LogP contribution is -2.60. The summed E-state index contributed by atoms with van der Waals surface area (Å²) in [6, 6.07) is 2.91. The van der Waals surface area contributed by atoms with Gasteiger partial charge in [-0.3, -0.25) is 52.9 Å². The Morgan fingerprint density at radius 2 is 1.42 bits per heavy atom. The molecule has 83 heavy (non-hydrogen) atoms. The van der Waals surface area contributed by atoms with E-state index in [1.54, 1.807) is 31.3 Å². The molecule has 2 saturated heterocycles. The van der Waals surface area contributed by atoms with Gasteiger partial charge in [0.05, 0.1) is 19.5 Å². The lowest BCUT2D eigenvalue weighted by Gasteiger charge is -2.30. The Balaban J connectivity index is 1.16. The number of nitrogens with one attached hydrogen (secondary N) is 11. The third-order valence-electron chi connectivity index (χ3n) is 14.0. The average Bonchev–Trinajstić information content (AvgIpc) is 4.49. The van der Waals surface area contributed by atoms with Crippen LogP contribution in [0.3, 0.4) is 0 Å². The van der Waals surface area contributed by atoms with Gasteiger partial charge in [0.1, 0.15) is 54.1 Å². The summed E-state index contributed by atoms with van der Waals surface area (Å²) < 4.78 is 0. The number of hydrogen-bond donors (Lipinski definition) is 15. The zero-order valence-corrected chi connectivity index (χ0v) is 46.6. The smallest absolute Gasteiger partial charge is 0.245 e. The van der Waals surface area contributed by atoms with E-state index >= 15 is 0 Å². The first kappa shape index (κ1) is 63.1. The first-order valence-corrected chi connectivity index (χ1v) is 27.7. The second-order valence-corrected chi connectivity index (χ2v) is 20.9. The fourth-order valence-corrected chi connectivity index (χ4v) is 9.79. The van der Waals surface area contributed by atoms with Crippen LogP contribution in [0, 0.1) is 5.92 Å². The Morgan fingerprint density at radius 3 is 2.07 bits per heavy atom. The summed E-state index contributed by atoms with van der Waals surface area (Å²) in [6.07, 6.45) is 5.78. The maximum atomic E-state index is 14.4. The molecule has 6 rings (SSSR count). The number of carbonyl (C=O) groups excluding carboxylic acids is 10. The van der Waals surface area contributed by atoms with Gasteiger partial charge < -0.3 is 84.4 Å². The second kappa shape index (κ2) is 30.7. The van der Waals surface area contributed by atoms with E-state index in [4.69, 9.17) is 11.5 Å². The van der Waals surface area contributed by atoms with Crippen molar-refractivity contribution in [1.82, 2.24) is 67.7 Å². The van der Waals surface area contributed by atoms with Crippen LogP contribution in [0.5, 0.6) is 5.75 Å². The molecule has 0 radical (unpaired) electrons. The maximum Gasteiger partial charge on any atom is 0.245 e. The topological polar surface area (TPSA) is 432 Å². The number of amides is 10. The standard InChI is InChI=1S/C55H76N16O12/c1-4-59-53(82)44-12-8-20-71(44)54(83)38(11-7-19-60-55(56)57)66-49(78)39(21-30(2)3)65-46(75)27-62-47(76)40(22-31-13-15-34(73)16-14-31)67-52(81)43(28-72)70-50(79)41(23-32-25-61-36-10-6-5-9-35(32)36)68-51(80)42(24-33-26-58-29-63-33)69-48(77)37-17-18-45(74)64-37/h5-6,9-10,13-16,25-26,29-30,37-44,61,72-73H,4,7-8,11-12,17-24,27-28H2,1-3H3,(H,58,63)(H,59,82)(H,62,76)(H,64,74)(H,65,75)(H,66,78)(H,67,81)(H,68,80)(H,69,77)(H,70,79)(H4,56,57,60)/t37-,38-,39-,40?,41-,42-,43-,44-/m0/s1. The number of aromatic amines is 2. The molecule has 448 valence electrons.